The van der Waals surface area contributed by atoms with Gasteiger partial charge in [-0.15, -0.1) is 0 Å². The summed E-state index contributed by atoms with van der Waals surface area (Å²) in [6.07, 6.45) is 0. The lowest BCUT2D eigenvalue weighted by atomic mass is 9.95. The number of nitrogens with one attached hydrogen (secondary N) is 1. The van der Waals surface area contributed by atoms with Crippen LogP contribution in [0.25, 0.3) is 10.9 Å². The number of nitrogens with zero attached hydrogens (tertiary/aromatic N) is 2. The molecule has 2 aromatic carbocycles. The topological polar surface area (TPSA) is 97.4 Å². The van der Waals surface area contributed by atoms with Crippen LogP contribution in [0.1, 0.15) is 33.2 Å². The monoisotopic (exact) mass is 390 g/mol. The van der Waals surface area contributed by atoms with E-state index in [1.54, 1.807) is 11.0 Å². The Kier molecular flexibility index (Phi) is 4.58. The van der Waals surface area contributed by atoms with Gasteiger partial charge in [-0.2, -0.15) is 0 Å². The summed E-state index contributed by atoms with van der Waals surface area (Å²) in [5, 5.41) is 3.52. The highest BCUT2D eigenvalue weighted by Gasteiger charge is 2.40. The van der Waals surface area contributed by atoms with Crippen molar-refractivity contribution in [3.05, 3.63) is 70.9 Å². The predicted molar refractivity (Wildman–Crippen MR) is 109 cm³/mol. The first kappa shape index (κ1) is 18.7. The summed E-state index contributed by atoms with van der Waals surface area (Å²) in [7, 11) is 1.99. The number of benzene rings is 2. The zero-order valence-corrected chi connectivity index (χ0v) is 16.3. The largest absolute Gasteiger partial charge is 0.368 e. The van der Waals surface area contributed by atoms with E-state index in [9.17, 15) is 14.4 Å². The summed E-state index contributed by atoms with van der Waals surface area (Å²) < 4.78 is 2.10. The van der Waals surface area contributed by atoms with Crippen LogP contribution in [0, 0.1) is 6.92 Å². The third-order valence-corrected chi connectivity index (χ3v) is 5.55. The molecule has 29 heavy (non-hydrogen) atoms. The Bertz CT molecular complexity index is 1150. The third-order valence-electron chi connectivity index (χ3n) is 5.55. The van der Waals surface area contributed by atoms with Gasteiger partial charge < -0.3 is 20.5 Å². The quantitative estimate of drug-likeness (QED) is 0.693. The van der Waals surface area contributed by atoms with E-state index in [-0.39, 0.29) is 25.0 Å². The number of primary amides is 1. The standard InChI is InChI=1S/C22H22N4O3/c1-13-20(16-9-5-6-10-17(16)25(13)2)21-14-7-3-4-8-15(14)22(29)26(21)12-19(28)24-11-18(23)27/h3-10,21H,11-12H2,1-2H3,(H2,23,27)(H,24,28)/t21-/m0/s1. The van der Waals surface area contributed by atoms with Crippen LogP contribution in [-0.4, -0.2) is 40.3 Å². The second-order valence-electron chi connectivity index (χ2n) is 7.24. The van der Waals surface area contributed by atoms with Gasteiger partial charge in [0.2, 0.25) is 11.8 Å². The number of aromatic nitrogens is 1. The summed E-state index contributed by atoms with van der Waals surface area (Å²) in [5.41, 5.74) is 9.68. The van der Waals surface area contributed by atoms with Crippen molar-refractivity contribution in [2.75, 3.05) is 13.1 Å². The van der Waals surface area contributed by atoms with Crippen molar-refractivity contribution in [3.8, 4) is 0 Å². The molecule has 3 N–H and O–H groups in total. The van der Waals surface area contributed by atoms with Crippen molar-refractivity contribution in [2.24, 2.45) is 12.8 Å². The Morgan fingerprint density at radius 3 is 2.55 bits per heavy atom. The average molecular weight is 390 g/mol. The molecule has 148 valence electrons. The Labute approximate surface area is 168 Å². The van der Waals surface area contributed by atoms with Crippen LogP contribution in [-0.2, 0) is 16.6 Å². The van der Waals surface area contributed by atoms with Gasteiger partial charge >= 0.3 is 0 Å². The van der Waals surface area contributed by atoms with Crippen LogP contribution >= 0.6 is 0 Å². The van der Waals surface area contributed by atoms with Gasteiger partial charge in [0.25, 0.3) is 5.91 Å². The van der Waals surface area contributed by atoms with E-state index in [0.717, 1.165) is 27.7 Å². The highest BCUT2D eigenvalue weighted by atomic mass is 16.2. The molecule has 0 aliphatic carbocycles. The van der Waals surface area contributed by atoms with Gasteiger partial charge in [0.05, 0.1) is 12.6 Å². The Morgan fingerprint density at radius 2 is 1.79 bits per heavy atom. The number of carbonyl (C=O) groups excluding carboxylic acids is 3. The fourth-order valence-electron chi connectivity index (χ4n) is 4.14. The van der Waals surface area contributed by atoms with Gasteiger partial charge in [-0.05, 0) is 24.6 Å². The van der Waals surface area contributed by atoms with Crippen LogP contribution in [0.5, 0.6) is 0 Å². The fourth-order valence-corrected chi connectivity index (χ4v) is 4.14. The van der Waals surface area contributed by atoms with Gasteiger partial charge in [0.15, 0.2) is 0 Å². The van der Waals surface area contributed by atoms with Crippen LogP contribution in [0.3, 0.4) is 0 Å². The Balaban J connectivity index is 1.83. The summed E-state index contributed by atoms with van der Waals surface area (Å²) >= 11 is 0. The minimum Gasteiger partial charge on any atom is -0.368 e. The predicted octanol–water partition coefficient (Wildman–Crippen LogP) is 1.63. The summed E-state index contributed by atoms with van der Waals surface area (Å²) in [6.45, 7) is 1.60. The van der Waals surface area contributed by atoms with Gasteiger partial charge in [-0.25, -0.2) is 0 Å². The molecule has 0 bridgehead atoms. The van der Waals surface area contributed by atoms with E-state index in [1.165, 1.54) is 0 Å². The number of rotatable bonds is 5. The van der Waals surface area contributed by atoms with Crippen molar-refractivity contribution in [2.45, 2.75) is 13.0 Å². The molecule has 3 amide bonds. The fraction of sp³-hybridized carbons (Fsp3) is 0.227. The molecule has 7 heteroatoms. The normalized spacial score (nSPS) is 15.6. The van der Waals surface area contributed by atoms with E-state index in [1.807, 2.05) is 56.4 Å². The molecule has 4 rings (SSSR count). The van der Waals surface area contributed by atoms with Crippen molar-refractivity contribution in [3.63, 3.8) is 0 Å². The maximum atomic E-state index is 13.2. The molecule has 1 aliphatic heterocycles. The van der Waals surface area contributed by atoms with Crippen LogP contribution < -0.4 is 11.1 Å². The van der Waals surface area contributed by atoms with Crippen molar-refractivity contribution >= 4 is 28.6 Å². The number of hydrogen-bond acceptors (Lipinski definition) is 3. The molecule has 0 radical (unpaired) electrons. The number of carbonyl (C=O) groups is 3. The minimum absolute atomic E-state index is 0.159. The van der Waals surface area contributed by atoms with Crippen molar-refractivity contribution in [1.82, 2.24) is 14.8 Å². The molecule has 7 nitrogen and oxygen atoms in total. The molecule has 2 heterocycles. The second-order valence-corrected chi connectivity index (χ2v) is 7.24. The van der Waals surface area contributed by atoms with Crippen LogP contribution in [0.15, 0.2) is 48.5 Å². The molecule has 3 aromatic rings. The lowest BCUT2D eigenvalue weighted by molar-refractivity contribution is -0.125. The molecule has 0 fully saturated rings. The summed E-state index contributed by atoms with van der Waals surface area (Å²) in [5.74, 6) is -1.25. The zero-order chi connectivity index (χ0) is 20.7. The third kappa shape index (κ3) is 3.04. The Morgan fingerprint density at radius 1 is 1.10 bits per heavy atom. The van der Waals surface area contributed by atoms with Crippen LogP contribution in [0.4, 0.5) is 0 Å². The van der Waals surface area contributed by atoms with Gasteiger partial charge in [-0.3, -0.25) is 14.4 Å². The number of para-hydroxylation sites is 1. The molecule has 1 aromatic heterocycles. The second kappa shape index (κ2) is 7.09. The zero-order valence-electron chi connectivity index (χ0n) is 16.3. The number of nitrogens with two attached hydrogens (primary N) is 1. The van der Waals surface area contributed by atoms with Gasteiger partial charge in [0.1, 0.15) is 6.54 Å². The molecular weight excluding hydrogens is 368 g/mol. The molecule has 0 saturated heterocycles. The van der Waals surface area contributed by atoms with Crippen molar-refractivity contribution in [1.29, 1.82) is 0 Å². The van der Waals surface area contributed by atoms with E-state index in [4.69, 9.17) is 5.73 Å². The summed E-state index contributed by atoms with van der Waals surface area (Å²) in [4.78, 5) is 38.1. The summed E-state index contributed by atoms with van der Waals surface area (Å²) in [6, 6.07) is 15.1. The maximum Gasteiger partial charge on any atom is 0.255 e. The smallest absolute Gasteiger partial charge is 0.255 e. The molecule has 1 atom stereocenters. The maximum absolute atomic E-state index is 13.2. The first-order valence-electron chi connectivity index (χ1n) is 9.39. The first-order chi connectivity index (χ1) is 13.9. The van der Waals surface area contributed by atoms with Gasteiger partial charge in [0, 0.05) is 34.8 Å². The van der Waals surface area contributed by atoms with E-state index < -0.39 is 11.8 Å². The highest BCUT2D eigenvalue weighted by Crippen LogP contribution is 2.43. The van der Waals surface area contributed by atoms with E-state index in [2.05, 4.69) is 9.88 Å². The minimum atomic E-state index is -0.629. The van der Waals surface area contributed by atoms with Gasteiger partial charge in [-0.1, -0.05) is 36.4 Å². The number of amides is 3. The van der Waals surface area contributed by atoms with Crippen LogP contribution in [0.2, 0.25) is 0 Å². The molecule has 1 aliphatic rings. The highest BCUT2D eigenvalue weighted by molar-refractivity contribution is 6.03. The SMILES string of the molecule is Cc1c([C@@H]2c3ccccc3C(=O)N2CC(=O)NCC(N)=O)c2ccccc2n1C. The Hall–Kier alpha value is -3.61. The van der Waals surface area contributed by atoms with E-state index in [0.29, 0.717) is 5.56 Å². The molecular formula is C22H22N4O3. The lowest BCUT2D eigenvalue weighted by Crippen LogP contribution is -2.42. The number of fused-ring (bicyclic) bond motifs is 2. The molecule has 0 spiro atoms. The average Bonchev–Trinajstić information content (AvgIpc) is 3.12. The van der Waals surface area contributed by atoms with E-state index >= 15 is 0 Å². The number of aryl methyl sites for hydroxylation is 1. The first-order valence-corrected chi connectivity index (χ1v) is 9.39. The number of hydrogen-bond donors (Lipinski definition) is 2. The van der Waals surface area contributed by atoms with Crippen molar-refractivity contribution < 1.29 is 14.4 Å². The molecule has 0 saturated carbocycles. The molecule has 0 unspecified atom stereocenters. The lowest BCUT2D eigenvalue weighted by Gasteiger charge is -2.26.